The molecule has 0 heterocycles. The highest BCUT2D eigenvalue weighted by molar-refractivity contribution is 7.55. The Hall–Kier alpha value is -1.03. The largest absolute Gasteiger partial charge is 0.404 e. The zero-order valence-corrected chi connectivity index (χ0v) is 11.8. The molecule has 0 atom stereocenters. The van der Waals surface area contributed by atoms with Crippen LogP contribution < -0.4 is 0 Å². The Morgan fingerprint density at radius 1 is 1.21 bits per heavy atom. The molecule has 3 nitrogen and oxygen atoms in total. The minimum Gasteiger partial charge on any atom is -0.304 e. The molecule has 0 amide bonds. The van der Waals surface area contributed by atoms with Gasteiger partial charge in [-0.1, -0.05) is 36.9 Å². The van der Waals surface area contributed by atoms with Gasteiger partial charge in [0.25, 0.3) is 0 Å². The molecular weight excluding hydrogens is 273 g/mol. The number of halogens is 2. The van der Waals surface area contributed by atoms with Gasteiger partial charge in [0, 0.05) is 5.57 Å². The molecule has 0 spiro atoms. The third-order valence-corrected chi connectivity index (χ3v) is 4.58. The van der Waals surface area contributed by atoms with Crippen molar-refractivity contribution in [3.8, 4) is 0 Å². The maximum atomic E-state index is 14.3. The summed E-state index contributed by atoms with van der Waals surface area (Å²) in [6, 6.07) is 7.84. The summed E-state index contributed by atoms with van der Waals surface area (Å²) in [5.74, 6) is 0. The molecular formula is C13H17F2O3P. The van der Waals surface area contributed by atoms with Crippen LogP contribution in [0.1, 0.15) is 19.4 Å². The molecule has 0 aromatic heterocycles. The van der Waals surface area contributed by atoms with E-state index in [1.54, 1.807) is 18.2 Å². The molecule has 0 N–H and O–H groups in total. The van der Waals surface area contributed by atoms with Crippen LogP contribution in [0.4, 0.5) is 8.78 Å². The summed E-state index contributed by atoms with van der Waals surface area (Å²) in [7, 11) is -4.58. The monoisotopic (exact) mass is 290 g/mol. The van der Waals surface area contributed by atoms with E-state index in [1.165, 1.54) is 26.0 Å². The van der Waals surface area contributed by atoms with Gasteiger partial charge in [-0.15, -0.1) is 0 Å². The Bertz CT molecular complexity index is 464. The van der Waals surface area contributed by atoms with Crippen LogP contribution in [0.2, 0.25) is 0 Å². The van der Waals surface area contributed by atoms with Crippen LogP contribution in [0, 0.1) is 0 Å². The summed E-state index contributed by atoms with van der Waals surface area (Å²) in [6.45, 7) is 6.04. The van der Waals surface area contributed by atoms with Crippen LogP contribution in [0.15, 0.2) is 36.9 Å². The van der Waals surface area contributed by atoms with Gasteiger partial charge >= 0.3 is 13.3 Å². The molecule has 0 unspecified atom stereocenters. The average Bonchev–Trinajstić information content (AvgIpc) is 2.39. The maximum Gasteiger partial charge on any atom is 0.404 e. The second kappa shape index (κ2) is 6.42. The van der Waals surface area contributed by atoms with Gasteiger partial charge in [-0.05, 0) is 19.4 Å². The number of alkyl halides is 2. The normalized spacial score (nSPS) is 12.4. The van der Waals surface area contributed by atoms with E-state index in [2.05, 4.69) is 6.58 Å². The summed E-state index contributed by atoms with van der Waals surface area (Å²) >= 11 is 0. The molecule has 0 saturated heterocycles. The fourth-order valence-corrected chi connectivity index (χ4v) is 3.06. The SMILES string of the molecule is C=C(c1ccccc1)C(F)(F)P(=O)(OCC)OCC. The lowest BCUT2D eigenvalue weighted by atomic mass is 10.1. The van der Waals surface area contributed by atoms with Gasteiger partial charge in [0.15, 0.2) is 0 Å². The van der Waals surface area contributed by atoms with Crippen molar-refractivity contribution >= 4 is 13.2 Å². The van der Waals surface area contributed by atoms with Crippen LogP contribution in [0.5, 0.6) is 0 Å². The Kier molecular flexibility index (Phi) is 5.41. The Morgan fingerprint density at radius 3 is 2.11 bits per heavy atom. The van der Waals surface area contributed by atoms with Crippen molar-refractivity contribution in [1.29, 1.82) is 0 Å². The fraction of sp³-hybridized carbons (Fsp3) is 0.385. The highest BCUT2D eigenvalue weighted by Gasteiger charge is 2.55. The van der Waals surface area contributed by atoms with E-state index < -0.39 is 18.8 Å². The van der Waals surface area contributed by atoms with Gasteiger partial charge in [-0.25, -0.2) is 0 Å². The van der Waals surface area contributed by atoms with Gasteiger partial charge in [0.2, 0.25) is 0 Å². The Morgan fingerprint density at radius 2 is 1.68 bits per heavy atom. The molecule has 0 aliphatic heterocycles. The molecule has 19 heavy (non-hydrogen) atoms. The first-order valence-corrected chi connectivity index (χ1v) is 7.45. The third-order valence-electron chi connectivity index (χ3n) is 2.43. The second-order valence-corrected chi connectivity index (χ2v) is 5.79. The summed E-state index contributed by atoms with van der Waals surface area (Å²) in [5.41, 5.74) is -4.13. The topological polar surface area (TPSA) is 35.5 Å². The van der Waals surface area contributed by atoms with Crippen molar-refractivity contribution in [2.45, 2.75) is 19.5 Å². The standard InChI is InChI=1S/C13H17F2O3P/c1-4-17-19(16,18-5-2)13(14,15)11(3)12-9-7-6-8-10-12/h6-10H,3-5H2,1-2H3. The molecule has 6 heteroatoms. The highest BCUT2D eigenvalue weighted by Crippen LogP contribution is 2.65. The second-order valence-electron chi connectivity index (χ2n) is 3.72. The fourth-order valence-electron chi connectivity index (χ4n) is 1.52. The van der Waals surface area contributed by atoms with E-state index in [0.717, 1.165) is 0 Å². The average molecular weight is 290 g/mol. The number of hydrogen-bond donors (Lipinski definition) is 0. The summed E-state index contributed by atoms with van der Waals surface area (Å²) in [4.78, 5) is 0. The van der Waals surface area contributed by atoms with Gasteiger partial charge in [-0.2, -0.15) is 8.78 Å². The molecule has 0 saturated carbocycles. The van der Waals surface area contributed by atoms with Crippen LogP contribution in [0.3, 0.4) is 0 Å². The smallest absolute Gasteiger partial charge is 0.304 e. The first-order chi connectivity index (χ1) is 8.89. The number of hydrogen-bond acceptors (Lipinski definition) is 3. The maximum absolute atomic E-state index is 14.3. The summed E-state index contributed by atoms with van der Waals surface area (Å²) in [5, 5.41) is 0. The van der Waals surface area contributed by atoms with E-state index in [0.29, 0.717) is 0 Å². The van der Waals surface area contributed by atoms with E-state index >= 15 is 0 Å². The lowest BCUT2D eigenvalue weighted by molar-refractivity contribution is 0.0875. The Balaban J connectivity index is 3.13. The molecule has 0 fully saturated rings. The lowest BCUT2D eigenvalue weighted by Gasteiger charge is -2.27. The summed E-state index contributed by atoms with van der Waals surface area (Å²) in [6.07, 6.45) is 0. The van der Waals surface area contributed by atoms with Crippen molar-refractivity contribution in [1.82, 2.24) is 0 Å². The van der Waals surface area contributed by atoms with Crippen LogP contribution in [-0.4, -0.2) is 18.9 Å². The first-order valence-electron chi connectivity index (χ1n) is 5.91. The van der Waals surface area contributed by atoms with Crippen LogP contribution >= 0.6 is 7.60 Å². The van der Waals surface area contributed by atoms with E-state index in [4.69, 9.17) is 9.05 Å². The zero-order valence-electron chi connectivity index (χ0n) is 10.9. The molecule has 0 aliphatic rings. The Labute approximate surface area is 111 Å². The van der Waals surface area contributed by atoms with E-state index in [1.807, 2.05) is 0 Å². The zero-order chi connectivity index (χ0) is 14.5. The minimum atomic E-state index is -4.58. The lowest BCUT2D eigenvalue weighted by Crippen LogP contribution is -2.22. The van der Waals surface area contributed by atoms with Crippen LogP contribution in [-0.2, 0) is 13.6 Å². The highest BCUT2D eigenvalue weighted by atomic mass is 31.2. The minimum absolute atomic E-state index is 0.130. The van der Waals surface area contributed by atoms with Crippen molar-refractivity contribution in [2.75, 3.05) is 13.2 Å². The predicted octanol–water partition coefficient (Wildman–Crippen LogP) is 4.56. The molecule has 1 aromatic rings. The van der Waals surface area contributed by atoms with E-state index in [9.17, 15) is 13.3 Å². The number of rotatable bonds is 7. The molecule has 1 aromatic carbocycles. The van der Waals surface area contributed by atoms with Gasteiger partial charge in [0.05, 0.1) is 13.2 Å². The van der Waals surface area contributed by atoms with Crippen LogP contribution in [0.25, 0.3) is 5.57 Å². The summed E-state index contributed by atoms with van der Waals surface area (Å²) < 4.78 is 50.2. The third kappa shape index (κ3) is 3.30. The first kappa shape index (κ1) is 16.0. The van der Waals surface area contributed by atoms with Crippen molar-refractivity contribution in [2.24, 2.45) is 0 Å². The number of allylic oxidation sites excluding steroid dienone is 1. The van der Waals surface area contributed by atoms with Crippen molar-refractivity contribution < 1.29 is 22.4 Å². The molecule has 0 aliphatic carbocycles. The van der Waals surface area contributed by atoms with Gasteiger partial charge in [0.1, 0.15) is 0 Å². The molecule has 106 valence electrons. The van der Waals surface area contributed by atoms with Gasteiger partial charge in [-0.3, -0.25) is 4.57 Å². The predicted molar refractivity (Wildman–Crippen MR) is 71.3 cm³/mol. The number of benzene rings is 1. The molecule has 1 rings (SSSR count). The van der Waals surface area contributed by atoms with Gasteiger partial charge < -0.3 is 9.05 Å². The van der Waals surface area contributed by atoms with Crippen molar-refractivity contribution in [3.63, 3.8) is 0 Å². The quantitative estimate of drug-likeness (QED) is 0.691. The molecule has 0 radical (unpaired) electrons. The molecule has 0 bridgehead atoms. The van der Waals surface area contributed by atoms with Crippen molar-refractivity contribution in [3.05, 3.63) is 42.5 Å². The van der Waals surface area contributed by atoms with E-state index in [-0.39, 0.29) is 18.8 Å².